The van der Waals surface area contributed by atoms with Crippen LogP contribution >= 0.6 is 0 Å². The van der Waals surface area contributed by atoms with Crippen molar-refractivity contribution in [3.63, 3.8) is 0 Å². The first kappa shape index (κ1) is 20.3. The average Bonchev–Trinajstić information content (AvgIpc) is 2.73. The molecule has 0 aliphatic rings. The van der Waals surface area contributed by atoms with E-state index in [0.29, 0.717) is 23.4 Å². The van der Waals surface area contributed by atoms with Crippen LogP contribution in [-0.2, 0) is 0 Å². The van der Waals surface area contributed by atoms with Crippen molar-refractivity contribution in [2.75, 3.05) is 40.2 Å². The van der Waals surface area contributed by atoms with E-state index in [4.69, 9.17) is 9.47 Å². The molecule has 0 aliphatic carbocycles. The number of hydrogen-bond donors (Lipinski definition) is 1. The van der Waals surface area contributed by atoms with Gasteiger partial charge in [-0.15, -0.1) is 0 Å². The third kappa shape index (κ3) is 4.22. The van der Waals surface area contributed by atoms with Gasteiger partial charge in [0.25, 0.3) is 5.69 Å². The summed E-state index contributed by atoms with van der Waals surface area (Å²) in [5.74, 6) is 1.35. The Kier molecular flexibility index (Phi) is 6.13. The Morgan fingerprint density at radius 3 is 2.52 bits per heavy atom. The van der Waals surface area contributed by atoms with Crippen LogP contribution in [0.15, 0.2) is 48.8 Å². The minimum absolute atomic E-state index is 0.0434. The minimum atomic E-state index is -0.389. The molecule has 8 nitrogen and oxygen atoms in total. The minimum Gasteiger partial charge on any atom is -0.493 e. The number of aromatic nitrogens is 1. The van der Waals surface area contributed by atoms with Crippen LogP contribution in [-0.4, -0.2) is 49.7 Å². The molecule has 8 heteroatoms. The molecule has 1 N–H and O–H groups in total. The molecule has 0 bridgehead atoms. The fraction of sp³-hybridized carbons (Fsp3) is 0.286. The zero-order chi connectivity index (χ0) is 21.0. The number of pyridine rings is 1. The number of anilines is 1. The van der Waals surface area contributed by atoms with E-state index in [1.807, 2.05) is 32.3 Å². The molecule has 1 aromatic heterocycles. The summed E-state index contributed by atoms with van der Waals surface area (Å²) in [5.41, 5.74) is 1.93. The maximum Gasteiger partial charge on any atom is 0.278 e. The Balaban J connectivity index is 1.91. The molecule has 152 valence electrons. The molecule has 0 saturated carbocycles. The molecule has 29 heavy (non-hydrogen) atoms. The van der Waals surface area contributed by atoms with Crippen molar-refractivity contribution in [1.82, 2.24) is 9.88 Å². The summed E-state index contributed by atoms with van der Waals surface area (Å²) >= 11 is 0. The number of likely N-dealkylation sites (N-methyl/N-ethyl adjacent to an activating group) is 1. The zero-order valence-electron chi connectivity index (χ0n) is 16.9. The summed E-state index contributed by atoms with van der Waals surface area (Å²) in [6.07, 6.45) is 3.16. The number of methoxy groups -OCH3 is 2. The second-order valence-corrected chi connectivity index (χ2v) is 6.79. The van der Waals surface area contributed by atoms with Crippen LogP contribution in [0.2, 0.25) is 0 Å². The van der Waals surface area contributed by atoms with Crippen molar-refractivity contribution in [3.05, 3.63) is 64.5 Å². The summed E-state index contributed by atoms with van der Waals surface area (Å²) in [5, 5.41) is 16.0. The van der Waals surface area contributed by atoms with Crippen molar-refractivity contribution in [3.8, 4) is 11.5 Å². The third-order valence-electron chi connectivity index (χ3n) is 4.89. The van der Waals surface area contributed by atoms with Crippen molar-refractivity contribution in [1.29, 1.82) is 0 Å². The fourth-order valence-electron chi connectivity index (χ4n) is 3.35. The lowest BCUT2D eigenvalue weighted by Gasteiger charge is -2.26. The summed E-state index contributed by atoms with van der Waals surface area (Å²) in [7, 11) is 7.22. The molecule has 0 radical (unpaired) electrons. The Bertz CT molecular complexity index is 1020. The Morgan fingerprint density at radius 1 is 1.10 bits per heavy atom. The summed E-state index contributed by atoms with van der Waals surface area (Å²) in [6, 6.07) is 10.9. The molecule has 2 aromatic carbocycles. The number of nitro benzene ring substituents is 1. The largest absolute Gasteiger partial charge is 0.493 e. The van der Waals surface area contributed by atoms with E-state index in [0.717, 1.165) is 16.6 Å². The van der Waals surface area contributed by atoms with E-state index in [-0.39, 0.29) is 16.7 Å². The second-order valence-electron chi connectivity index (χ2n) is 6.79. The predicted octanol–water partition coefficient (Wildman–Crippen LogP) is 3.88. The lowest BCUT2D eigenvalue weighted by Crippen LogP contribution is -2.27. The maximum atomic E-state index is 11.3. The highest BCUT2D eigenvalue weighted by molar-refractivity contribution is 5.99. The number of nitro groups is 1. The number of non-ortho nitro benzene ring substituents is 1. The monoisotopic (exact) mass is 396 g/mol. The van der Waals surface area contributed by atoms with Gasteiger partial charge in [-0.3, -0.25) is 15.1 Å². The normalized spacial score (nSPS) is 12.0. The molecule has 0 spiro atoms. The van der Waals surface area contributed by atoms with Gasteiger partial charge in [-0.05, 0) is 43.9 Å². The Hall–Kier alpha value is -3.39. The van der Waals surface area contributed by atoms with Crippen LogP contribution in [0.3, 0.4) is 0 Å². The smallest absolute Gasteiger partial charge is 0.278 e. The van der Waals surface area contributed by atoms with E-state index in [1.54, 1.807) is 32.5 Å². The van der Waals surface area contributed by atoms with Crippen LogP contribution in [0.4, 0.5) is 11.4 Å². The lowest BCUT2D eigenvalue weighted by atomic mass is 10.0. The SMILES string of the molecule is COc1ccc(C(CNc2ccc([N+](=O)[O-])c3cnccc23)N(C)C)cc1OC. The van der Waals surface area contributed by atoms with Gasteiger partial charge in [-0.1, -0.05) is 6.07 Å². The number of ether oxygens (including phenoxy) is 2. The van der Waals surface area contributed by atoms with Crippen LogP contribution in [0.25, 0.3) is 10.8 Å². The van der Waals surface area contributed by atoms with Crippen LogP contribution < -0.4 is 14.8 Å². The Morgan fingerprint density at radius 2 is 1.86 bits per heavy atom. The molecule has 0 aliphatic heterocycles. The van der Waals surface area contributed by atoms with Crippen LogP contribution in [0, 0.1) is 10.1 Å². The summed E-state index contributed by atoms with van der Waals surface area (Å²) in [6.45, 7) is 0.595. The van der Waals surface area contributed by atoms with Crippen molar-refractivity contribution in [2.45, 2.75) is 6.04 Å². The highest BCUT2D eigenvalue weighted by atomic mass is 16.6. The third-order valence-corrected chi connectivity index (χ3v) is 4.89. The summed E-state index contributed by atoms with van der Waals surface area (Å²) in [4.78, 5) is 17.1. The van der Waals surface area contributed by atoms with E-state index in [1.165, 1.54) is 12.3 Å². The predicted molar refractivity (Wildman–Crippen MR) is 113 cm³/mol. The number of hydrogen-bond acceptors (Lipinski definition) is 7. The standard InChI is InChI=1S/C21H24N4O4/c1-24(2)19(14-5-8-20(28-3)21(11-14)29-4)13-23-17-6-7-18(25(26)27)16-12-22-10-9-15(16)17/h5-12,19,23H,13H2,1-4H3. The van der Waals surface area contributed by atoms with Crippen molar-refractivity contribution < 1.29 is 14.4 Å². The quantitative estimate of drug-likeness (QED) is 0.456. The first-order chi connectivity index (χ1) is 14.0. The number of fused-ring (bicyclic) bond motifs is 1. The molecule has 3 aromatic rings. The molecule has 0 fully saturated rings. The molecule has 0 saturated heterocycles. The molecule has 0 amide bonds. The van der Waals surface area contributed by atoms with Crippen LogP contribution in [0.5, 0.6) is 11.5 Å². The number of nitrogens with one attached hydrogen (secondary N) is 1. The molecule has 1 heterocycles. The first-order valence-corrected chi connectivity index (χ1v) is 9.09. The maximum absolute atomic E-state index is 11.3. The molecule has 3 rings (SSSR count). The lowest BCUT2D eigenvalue weighted by molar-refractivity contribution is -0.383. The van der Waals surface area contributed by atoms with Gasteiger partial charge in [-0.25, -0.2) is 0 Å². The van der Waals surface area contributed by atoms with Gasteiger partial charge in [0, 0.05) is 36.1 Å². The molecule has 1 unspecified atom stereocenters. The number of nitrogens with zero attached hydrogens (tertiary/aromatic N) is 3. The van der Waals surface area contributed by atoms with Gasteiger partial charge < -0.3 is 19.7 Å². The molecular weight excluding hydrogens is 372 g/mol. The van der Waals surface area contributed by atoms with E-state index in [2.05, 4.69) is 15.2 Å². The average molecular weight is 396 g/mol. The zero-order valence-corrected chi connectivity index (χ0v) is 16.9. The summed E-state index contributed by atoms with van der Waals surface area (Å²) < 4.78 is 10.8. The van der Waals surface area contributed by atoms with Gasteiger partial charge >= 0.3 is 0 Å². The molecular formula is C21H24N4O4. The van der Waals surface area contributed by atoms with Crippen molar-refractivity contribution in [2.24, 2.45) is 0 Å². The molecule has 1 atom stereocenters. The van der Waals surface area contributed by atoms with E-state index in [9.17, 15) is 10.1 Å². The fourth-order valence-corrected chi connectivity index (χ4v) is 3.35. The van der Waals surface area contributed by atoms with E-state index < -0.39 is 0 Å². The first-order valence-electron chi connectivity index (χ1n) is 9.09. The van der Waals surface area contributed by atoms with Gasteiger partial charge in [0.2, 0.25) is 0 Å². The van der Waals surface area contributed by atoms with Gasteiger partial charge in [-0.2, -0.15) is 0 Å². The van der Waals surface area contributed by atoms with Crippen molar-refractivity contribution >= 4 is 22.1 Å². The Labute approximate surface area is 169 Å². The van der Waals surface area contributed by atoms with Gasteiger partial charge in [0.15, 0.2) is 11.5 Å². The van der Waals surface area contributed by atoms with E-state index >= 15 is 0 Å². The number of benzene rings is 2. The van der Waals surface area contributed by atoms with Gasteiger partial charge in [0.1, 0.15) is 0 Å². The van der Waals surface area contributed by atoms with Crippen LogP contribution in [0.1, 0.15) is 11.6 Å². The highest BCUT2D eigenvalue weighted by Crippen LogP contribution is 2.33. The van der Waals surface area contributed by atoms with Gasteiger partial charge in [0.05, 0.1) is 30.6 Å². The highest BCUT2D eigenvalue weighted by Gasteiger charge is 2.19. The number of rotatable bonds is 8. The topological polar surface area (TPSA) is 89.8 Å². The second kappa shape index (κ2) is 8.74.